The molecule has 1 atom stereocenters. The lowest BCUT2D eigenvalue weighted by molar-refractivity contribution is 0.462. The first-order valence-corrected chi connectivity index (χ1v) is 5.02. The molecule has 0 aliphatic heterocycles. The zero-order chi connectivity index (χ0) is 8.81. The first kappa shape index (κ1) is 9.54. The molecule has 0 spiro atoms. The molecule has 0 aromatic heterocycles. The molecule has 0 radical (unpaired) electrons. The van der Waals surface area contributed by atoms with Gasteiger partial charge in [0.05, 0.1) is 12.1 Å². The van der Waals surface area contributed by atoms with Crippen LogP contribution in [0.2, 0.25) is 0 Å². The molecule has 1 N–H and O–H groups in total. The van der Waals surface area contributed by atoms with Gasteiger partial charge in [0.2, 0.25) is 0 Å². The van der Waals surface area contributed by atoms with E-state index in [9.17, 15) is 0 Å². The molecule has 0 aromatic rings. The highest BCUT2D eigenvalue weighted by Gasteiger charge is 2.17. The summed E-state index contributed by atoms with van der Waals surface area (Å²) in [5.74, 6) is 0. The molecule has 1 aliphatic rings. The number of nitrogens with one attached hydrogen (secondary N) is 1. The highest BCUT2D eigenvalue weighted by atomic mass is 14.9. The Balaban J connectivity index is 2.22. The zero-order valence-electron chi connectivity index (χ0n) is 7.84. The van der Waals surface area contributed by atoms with Crippen LogP contribution in [0.25, 0.3) is 0 Å². The molecule has 2 nitrogen and oxygen atoms in total. The van der Waals surface area contributed by atoms with Gasteiger partial charge in [0.15, 0.2) is 0 Å². The minimum Gasteiger partial charge on any atom is -0.299 e. The van der Waals surface area contributed by atoms with Crippen molar-refractivity contribution in [3.8, 4) is 6.07 Å². The summed E-state index contributed by atoms with van der Waals surface area (Å²) in [5, 5.41) is 12.2. The van der Waals surface area contributed by atoms with Gasteiger partial charge in [0.1, 0.15) is 0 Å². The van der Waals surface area contributed by atoms with E-state index < -0.39 is 0 Å². The summed E-state index contributed by atoms with van der Waals surface area (Å²) in [4.78, 5) is 0. The molecule has 0 aromatic carbocycles. The fourth-order valence-corrected chi connectivity index (χ4v) is 1.85. The number of nitriles is 1. The van der Waals surface area contributed by atoms with Gasteiger partial charge in [-0.2, -0.15) is 5.26 Å². The van der Waals surface area contributed by atoms with Gasteiger partial charge in [0, 0.05) is 6.04 Å². The third kappa shape index (κ3) is 2.83. The Kier molecular flexibility index (Phi) is 4.10. The molecule has 0 bridgehead atoms. The third-order valence-electron chi connectivity index (χ3n) is 2.53. The van der Waals surface area contributed by atoms with Gasteiger partial charge >= 0.3 is 0 Å². The van der Waals surface area contributed by atoms with Crippen molar-refractivity contribution in [3.05, 3.63) is 0 Å². The molecule has 1 aliphatic carbocycles. The van der Waals surface area contributed by atoms with E-state index in [1.54, 1.807) is 0 Å². The van der Waals surface area contributed by atoms with Crippen molar-refractivity contribution in [2.45, 2.75) is 57.5 Å². The smallest absolute Gasteiger partial charge is 0.0955 e. The third-order valence-corrected chi connectivity index (χ3v) is 2.53. The van der Waals surface area contributed by atoms with Gasteiger partial charge in [-0.1, -0.05) is 26.2 Å². The summed E-state index contributed by atoms with van der Waals surface area (Å²) in [6.07, 6.45) is 7.29. The minimum atomic E-state index is 0.0955. The second-order valence-corrected chi connectivity index (χ2v) is 3.62. The summed E-state index contributed by atoms with van der Waals surface area (Å²) in [5.41, 5.74) is 0. The lowest BCUT2D eigenvalue weighted by Gasteiger charge is -2.15. The number of hydrogen-bond acceptors (Lipinski definition) is 2. The highest BCUT2D eigenvalue weighted by Crippen LogP contribution is 2.18. The molecule has 0 saturated heterocycles. The number of nitrogens with zero attached hydrogens (tertiary/aromatic N) is 1. The van der Waals surface area contributed by atoms with Crippen LogP contribution >= 0.6 is 0 Å². The van der Waals surface area contributed by atoms with Crippen LogP contribution < -0.4 is 5.32 Å². The van der Waals surface area contributed by atoms with E-state index in [0.29, 0.717) is 6.04 Å². The monoisotopic (exact) mass is 166 g/mol. The quantitative estimate of drug-likeness (QED) is 0.695. The fourth-order valence-electron chi connectivity index (χ4n) is 1.85. The van der Waals surface area contributed by atoms with E-state index in [1.807, 2.05) is 0 Å². The molecule has 1 rings (SSSR count). The zero-order valence-corrected chi connectivity index (χ0v) is 7.84. The Morgan fingerprint density at radius 1 is 1.50 bits per heavy atom. The van der Waals surface area contributed by atoms with Crippen molar-refractivity contribution in [1.29, 1.82) is 5.26 Å². The largest absolute Gasteiger partial charge is 0.299 e. The molecule has 2 heteroatoms. The number of rotatable bonds is 4. The molecule has 1 unspecified atom stereocenters. The predicted octanol–water partition coefficient (Wildman–Crippen LogP) is 2.21. The van der Waals surface area contributed by atoms with Gasteiger partial charge < -0.3 is 0 Å². The minimum absolute atomic E-state index is 0.0955. The Bertz CT molecular complexity index is 154. The van der Waals surface area contributed by atoms with Gasteiger partial charge in [-0.15, -0.1) is 0 Å². The fraction of sp³-hybridized carbons (Fsp3) is 0.900. The van der Waals surface area contributed by atoms with Crippen LogP contribution in [0.1, 0.15) is 45.4 Å². The summed E-state index contributed by atoms with van der Waals surface area (Å²) >= 11 is 0. The first-order chi connectivity index (χ1) is 5.86. The van der Waals surface area contributed by atoms with E-state index >= 15 is 0 Å². The van der Waals surface area contributed by atoms with Crippen LogP contribution in [0.3, 0.4) is 0 Å². The standard InChI is InChI=1S/C10H18N2/c1-2-5-10(8-11)12-9-6-3-4-7-9/h9-10,12H,2-7H2,1H3. The van der Waals surface area contributed by atoms with Crippen LogP contribution in [0.4, 0.5) is 0 Å². The van der Waals surface area contributed by atoms with Crippen LogP contribution in [0, 0.1) is 11.3 Å². The maximum Gasteiger partial charge on any atom is 0.0955 e. The van der Waals surface area contributed by atoms with Crippen LogP contribution in [-0.2, 0) is 0 Å². The Morgan fingerprint density at radius 3 is 2.67 bits per heavy atom. The maximum atomic E-state index is 8.80. The normalized spacial score (nSPS) is 20.7. The van der Waals surface area contributed by atoms with E-state index in [2.05, 4.69) is 18.3 Å². The van der Waals surface area contributed by atoms with E-state index in [4.69, 9.17) is 5.26 Å². The Hall–Kier alpha value is -0.550. The highest BCUT2D eigenvalue weighted by molar-refractivity contribution is 4.92. The van der Waals surface area contributed by atoms with Crippen LogP contribution in [0.15, 0.2) is 0 Å². The molecular weight excluding hydrogens is 148 g/mol. The first-order valence-electron chi connectivity index (χ1n) is 5.02. The maximum absolute atomic E-state index is 8.80. The van der Waals surface area contributed by atoms with Crippen molar-refractivity contribution in [2.24, 2.45) is 0 Å². The lowest BCUT2D eigenvalue weighted by Crippen LogP contribution is -2.35. The Labute approximate surface area is 75.0 Å². The molecule has 1 fully saturated rings. The van der Waals surface area contributed by atoms with Crippen molar-refractivity contribution in [1.82, 2.24) is 5.32 Å². The second kappa shape index (κ2) is 5.16. The van der Waals surface area contributed by atoms with Crippen LogP contribution in [-0.4, -0.2) is 12.1 Å². The topological polar surface area (TPSA) is 35.8 Å². The molecule has 1 saturated carbocycles. The van der Waals surface area contributed by atoms with Gasteiger partial charge in [0.25, 0.3) is 0 Å². The molecular formula is C10H18N2. The lowest BCUT2D eigenvalue weighted by atomic mass is 10.1. The van der Waals surface area contributed by atoms with Crippen LogP contribution in [0.5, 0.6) is 0 Å². The van der Waals surface area contributed by atoms with Crippen molar-refractivity contribution in [2.75, 3.05) is 0 Å². The predicted molar refractivity (Wildman–Crippen MR) is 49.7 cm³/mol. The molecule has 0 amide bonds. The molecule has 0 heterocycles. The second-order valence-electron chi connectivity index (χ2n) is 3.62. The SMILES string of the molecule is CCCC(C#N)NC1CCCC1. The van der Waals surface area contributed by atoms with Gasteiger partial charge in [-0.25, -0.2) is 0 Å². The van der Waals surface area contributed by atoms with E-state index in [-0.39, 0.29) is 6.04 Å². The van der Waals surface area contributed by atoms with E-state index in [1.165, 1.54) is 25.7 Å². The van der Waals surface area contributed by atoms with Crippen molar-refractivity contribution >= 4 is 0 Å². The van der Waals surface area contributed by atoms with Crippen molar-refractivity contribution in [3.63, 3.8) is 0 Å². The molecule has 12 heavy (non-hydrogen) atoms. The van der Waals surface area contributed by atoms with E-state index in [0.717, 1.165) is 12.8 Å². The number of hydrogen-bond donors (Lipinski definition) is 1. The average Bonchev–Trinajstić information content (AvgIpc) is 2.56. The van der Waals surface area contributed by atoms with Gasteiger partial charge in [-0.3, -0.25) is 5.32 Å². The van der Waals surface area contributed by atoms with Gasteiger partial charge in [-0.05, 0) is 19.3 Å². The summed E-state index contributed by atoms with van der Waals surface area (Å²) < 4.78 is 0. The Morgan fingerprint density at radius 2 is 2.17 bits per heavy atom. The summed E-state index contributed by atoms with van der Waals surface area (Å²) in [6, 6.07) is 3.04. The summed E-state index contributed by atoms with van der Waals surface area (Å²) in [6.45, 7) is 2.13. The summed E-state index contributed by atoms with van der Waals surface area (Å²) in [7, 11) is 0. The average molecular weight is 166 g/mol. The van der Waals surface area contributed by atoms with Crippen molar-refractivity contribution < 1.29 is 0 Å². The molecule has 68 valence electrons.